The monoisotopic (exact) mass is 803 g/mol. The van der Waals surface area contributed by atoms with Crippen LogP contribution in [0.1, 0.15) is 0 Å². The number of rotatable bonds is 6. The van der Waals surface area contributed by atoms with E-state index in [1.54, 1.807) is 0 Å². The quantitative estimate of drug-likeness (QED) is 0.157. The Balaban J connectivity index is 0.999. The lowest BCUT2D eigenvalue weighted by Crippen LogP contribution is -2.10. The van der Waals surface area contributed by atoms with Crippen LogP contribution in [0, 0.1) is 0 Å². The minimum atomic E-state index is 0.853. The summed E-state index contributed by atoms with van der Waals surface area (Å²) in [4.78, 5) is 2.37. The van der Waals surface area contributed by atoms with Gasteiger partial charge in [-0.3, -0.25) is 0 Å². The second kappa shape index (κ2) is 14.1. The van der Waals surface area contributed by atoms with E-state index in [9.17, 15) is 0 Å². The van der Waals surface area contributed by atoms with Crippen molar-refractivity contribution in [3.63, 3.8) is 0 Å². The van der Waals surface area contributed by atoms with Crippen molar-refractivity contribution in [2.24, 2.45) is 0 Å². The topological polar surface area (TPSA) is 29.5 Å². The van der Waals surface area contributed by atoms with Gasteiger partial charge in [-0.25, -0.2) is 0 Å². The molecule has 3 nitrogen and oxygen atoms in total. The van der Waals surface area contributed by atoms with Crippen molar-refractivity contribution in [3.05, 3.63) is 224 Å². The Kier molecular flexibility index (Phi) is 7.91. The highest BCUT2D eigenvalue weighted by Crippen LogP contribution is 2.48. The molecule has 13 rings (SSSR count). The number of fused-ring (bicyclic) bond motifs is 11. The van der Waals surface area contributed by atoms with Crippen LogP contribution in [0.25, 0.3) is 110 Å². The molecule has 63 heavy (non-hydrogen) atoms. The summed E-state index contributed by atoms with van der Waals surface area (Å²) in [6.07, 6.45) is 0. The van der Waals surface area contributed by atoms with Gasteiger partial charge in [0.25, 0.3) is 0 Å². The number of nitrogens with zero attached hydrogens (tertiary/aromatic N) is 1. The van der Waals surface area contributed by atoms with Crippen molar-refractivity contribution >= 4 is 93.3 Å². The van der Waals surface area contributed by atoms with Gasteiger partial charge in [0.1, 0.15) is 22.3 Å². The van der Waals surface area contributed by atoms with Crippen LogP contribution in [-0.4, -0.2) is 0 Å². The average molecular weight is 804 g/mol. The van der Waals surface area contributed by atoms with E-state index in [0.29, 0.717) is 0 Å². The van der Waals surface area contributed by atoms with E-state index in [4.69, 9.17) is 8.83 Å². The first-order chi connectivity index (χ1) is 31.2. The highest BCUT2D eigenvalue weighted by atomic mass is 16.3. The van der Waals surface area contributed by atoms with Gasteiger partial charge in [-0.05, 0) is 121 Å². The van der Waals surface area contributed by atoms with Crippen LogP contribution in [0.4, 0.5) is 17.1 Å². The van der Waals surface area contributed by atoms with Gasteiger partial charge in [-0.2, -0.15) is 0 Å². The Labute approximate surface area is 363 Å². The highest BCUT2D eigenvalue weighted by Gasteiger charge is 2.22. The summed E-state index contributed by atoms with van der Waals surface area (Å²) < 4.78 is 13.0. The molecule has 0 atom stereocenters. The molecule has 0 N–H and O–H groups in total. The Morgan fingerprint density at radius 2 is 0.810 bits per heavy atom. The predicted octanol–water partition coefficient (Wildman–Crippen LogP) is 17.4. The van der Waals surface area contributed by atoms with E-state index >= 15 is 0 Å². The zero-order valence-corrected chi connectivity index (χ0v) is 34.1. The molecule has 11 aromatic carbocycles. The second-order valence-corrected chi connectivity index (χ2v) is 16.4. The van der Waals surface area contributed by atoms with Gasteiger partial charge in [0.2, 0.25) is 0 Å². The first kappa shape index (κ1) is 35.4. The maximum Gasteiger partial charge on any atom is 0.143 e. The molecule has 0 aliphatic rings. The van der Waals surface area contributed by atoms with Gasteiger partial charge in [0, 0.05) is 32.9 Å². The molecule has 0 radical (unpaired) electrons. The fourth-order valence-electron chi connectivity index (χ4n) is 9.98. The van der Waals surface area contributed by atoms with Gasteiger partial charge >= 0.3 is 0 Å². The van der Waals surface area contributed by atoms with E-state index in [1.807, 2.05) is 12.1 Å². The molecular weight excluding hydrogens is 767 g/mol. The third kappa shape index (κ3) is 5.60. The Hall–Kier alpha value is -8.40. The maximum absolute atomic E-state index is 6.73. The van der Waals surface area contributed by atoms with E-state index in [-0.39, 0.29) is 0 Å². The third-order valence-corrected chi connectivity index (χ3v) is 12.9. The first-order valence-corrected chi connectivity index (χ1v) is 21.5. The number of hydrogen-bond acceptors (Lipinski definition) is 3. The van der Waals surface area contributed by atoms with Gasteiger partial charge in [0.15, 0.2) is 0 Å². The molecule has 3 heteroatoms. The fraction of sp³-hybridized carbons (Fsp3) is 0. The van der Waals surface area contributed by atoms with Crippen LogP contribution in [0.3, 0.4) is 0 Å². The normalized spacial score (nSPS) is 11.8. The predicted molar refractivity (Wildman–Crippen MR) is 265 cm³/mol. The van der Waals surface area contributed by atoms with Crippen LogP contribution in [-0.2, 0) is 0 Å². The van der Waals surface area contributed by atoms with Crippen molar-refractivity contribution in [3.8, 4) is 33.4 Å². The van der Waals surface area contributed by atoms with Crippen LogP contribution in [0.15, 0.2) is 233 Å². The first-order valence-electron chi connectivity index (χ1n) is 21.5. The highest BCUT2D eigenvalue weighted by molar-refractivity contribution is 6.22. The smallest absolute Gasteiger partial charge is 0.143 e. The molecule has 13 aromatic rings. The maximum atomic E-state index is 6.73. The number of furan rings is 2. The van der Waals surface area contributed by atoms with Crippen molar-refractivity contribution in [2.75, 3.05) is 4.90 Å². The van der Waals surface area contributed by atoms with Gasteiger partial charge in [0.05, 0.1) is 11.1 Å². The summed E-state index contributed by atoms with van der Waals surface area (Å²) in [5.41, 5.74) is 13.7. The van der Waals surface area contributed by atoms with Gasteiger partial charge < -0.3 is 13.7 Å². The molecular formula is C60H37NO2. The van der Waals surface area contributed by atoms with Crippen LogP contribution in [0.5, 0.6) is 0 Å². The molecule has 294 valence electrons. The summed E-state index contributed by atoms with van der Waals surface area (Å²) in [6.45, 7) is 0. The lowest BCUT2D eigenvalue weighted by molar-refractivity contribution is 0.669. The van der Waals surface area contributed by atoms with E-state index < -0.39 is 0 Å². The number of hydrogen-bond donors (Lipinski definition) is 0. The van der Waals surface area contributed by atoms with Crippen LogP contribution < -0.4 is 4.90 Å². The zero-order chi connectivity index (χ0) is 41.4. The van der Waals surface area contributed by atoms with Gasteiger partial charge in [-0.1, -0.05) is 164 Å². The molecule has 0 unspecified atom stereocenters. The molecule has 0 aliphatic carbocycles. The molecule has 0 bridgehead atoms. The molecule has 0 saturated carbocycles. The Morgan fingerprint density at radius 3 is 1.52 bits per heavy atom. The van der Waals surface area contributed by atoms with Crippen molar-refractivity contribution in [1.29, 1.82) is 0 Å². The second-order valence-electron chi connectivity index (χ2n) is 16.4. The molecule has 2 aromatic heterocycles. The van der Waals surface area contributed by atoms with Crippen molar-refractivity contribution < 1.29 is 8.83 Å². The average Bonchev–Trinajstić information content (AvgIpc) is 3.93. The summed E-state index contributed by atoms with van der Waals surface area (Å²) in [5.74, 6) is 0. The summed E-state index contributed by atoms with van der Waals surface area (Å²) in [7, 11) is 0. The van der Waals surface area contributed by atoms with Gasteiger partial charge in [-0.15, -0.1) is 0 Å². The molecule has 0 fully saturated rings. The standard InChI is InChI=1S/C60H37NO2/c1-2-14-40(15-3-1)57-50-20-8-6-17-46(50)47-18-7-9-21-51(47)58(57)41-27-33-44(34-28-41)61(53-22-12-24-55-59(53)52-36-29-39-13-4-5-16-45(39)60(52)63-55)43-31-25-38(26-32-43)42-30-35-49-48-19-10-11-23-54(48)62-56(49)37-42/h1-37H. The van der Waals surface area contributed by atoms with Crippen molar-refractivity contribution in [1.82, 2.24) is 0 Å². The third-order valence-electron chi connectivity index (χ3n) is 12.9. The van der Waals surface area contributed by atoms with Crippen LogP contribution in [0.2, 0.25) is 0 Å². The van der Waals surface area contributed by atoms with E-state index in [2.05, 4.69) is 217 Å². The lowest BCUT2D eigenvalue weighted by Gasteiger charge is -2.27. The fourth-order valence-corrected chi connectivity index (χ4v) is 9.98. The SMILES string of the molecule is c1ccc(-c2c(-c3ccc(N(c4ccc(-c5ccc6c(c5)oc5ccccc56)cc4)c4cccc5oc6c7ccccc7ccc6c45)cc3)c3ccccc3c3ccccc23)cc1. The number of anilines is 3. The van der Waals surface area contributed by atoms with Crippen LogP contribution >= 0.6 is 0 Å². The van der Waals surface area contributed by atoms with Crippen molar-refractivity contribution in [2.45, 2.75) is 0 Å². The minimum absolute atomic E-state index is 0.853. The number of para-hydroxylation sites is 1. The molecule has 0 aliphatic heterocycles. The minimum Gasteiger partial charge on any atom is -0.456 e. The molecule has 2 heterocycles. The largest absolute Gasteiger partial charge is 0.456 e. The van der Waals surface area contributed by atoms with E-state index in [0.717, 1.165) is 88.4 Å². The molecule has 0 saturated heterocycles. The Bertz CT molecular complexity index is 3900. The number of benzene rings is 11. The summed E-state index contributed by atoms with van der Waals surface area (Å²) in [5, 5.41) is 11.7. The lowest BCUT2D eigenvalue weighted by atomic mass is 9.85. The molecule has 0 spiro atoms. The Morgan fingerprint density at radius 1 is 0.286 bits per heavy atom. The zero-order valence-electron chi connectivity index (χ0n) is 34.1. The molecule has 0 amide bonds. The summed E-state index contributed by atoms with van der Waals surface area (Å²) >= 11 is 0. The summed E-state index contributed by atoms with van der Waals surface area (Å²) in [6, 6.07) is 80.5. The van der Waals surface area contributed by atoms with E-state index in [1.165, 1.54) is 38.2 Å².